The summed E-state index contributed by atoms with van der Waals surface area (Å²) in [6.45, 7) is 3.75. The second kappa shape index (κ2) is 5.07. The Morgan fingerprint density at radius 3 is 2.71 bits per heavy atom. The van der Waals surface area contributed by atoms with Crippen LogP contribution in [0.15, 0.2) is 24.3 Å². The van der Waals surface area contributed by atoms with Gasteiger partial charge >= 0.3 is 0 Å². The van der Waals surface area contributed by atoms with Crippen molar-refractivity contribution in [2.24, 2.45) is 0 Å². The first kappa shape index (κ1) is 12.4. The summed E-state index contributed by atoms with van der Waals surface area (Å²) >= 11 is 7.51. The molecule has 4 heteroatoms. The summed E-state index contributed by atoms with van der Waals surface area (Å²) in [6, 6.07) is 6.59. The summed E-state index contributed by atoms with van der Waals surface area (Å²) in [7, 11) is 0. The van der Waals surface area contributed by atoms with E-state index in [0.717, 1.165) is 11.3 Å². The van der Waals surface area contributed by atoms with Gasteiger partial charge in [0.25, 0.3) is 0 Å². The van der Waals surface area contributed by atoms with Crippen LogP contribution in [0.25, 0.3) is 0 Å². The van der Waals surface area contributed by atoms with Crippen molar-refractivity contribution < 1.29 is 9.13 Å². The van der Waals surface area contributed by atoms with Crippen molar-refractivity contribution in [1.29, 1.82) is 0 Å². The Morgan fingerprint density at radius 2 is 2.12 bits per heavy atom. The molecule has 1 nitrogen and oxygen atoms in total. The minimum absolute atomic E-state index is 0.263. The number of thiophene rings is 1. The molecule has 1 heterocycles. The molecule has 0 fully saturated rings. The molecule has 0 unspecified atom stereocenters. The second-order valence-electron chi connectivity index (χ2n) is 3.70. The van der Waals surface area contributed by atoms with Crippen molar-refractivity contribution in [2.75, 3.05) is 0 Å². The van der Waals surface area contributed by atoms with Gasteiger partial charge in [-0.3, -0.25) is 0 Å². The van der Waals surface area contributed by atoms with Gasteiger partial charge in [-0.05, 0) is 25.0 Å². The first-order chi connectivity index (χ1) is 8.10. The van der Waals surface area contributed by atoms with Crippen LogP contribution in [-0.4, -0.2) is 0 Å². The summed E-state index contributed by atoms with van der Waals surface area (Å²) in [5.41, 5.74) is 0.607. The summed E-state index contributed by atoms with van der Waals surface area (Å²) in [5, 5.41) is 1.40. The molecule has 0 atom stereocenters. The van der Waals surface area contributed by atoms with E-state index in [1.165, 1.54) is 17.4 Å². The highest BCUT2D eigenvalue weighted by Gasteiger charge is 2.08. The molecule has 0 aliphatic rings. The van der Waals surface area contributed by atoms with Gasteiger partial charge in [0.15, 0.2) is 5.06 Å². The van der Waals surface area contributed by atoms with Crippen molar-refractivity contribution in [1.82, 2.24) is 0 Å². The number of hydrogen-bond donors (Lipinski definition) is 0. The summed E-state index contributed by atoms with van der Waals surface area (Å²) in [4.78, 5) is 1.08. The average molecular weight is 271 g/mol. The third-order valence-corrected chi connectivity index (χ3v) is 4.02. The molecule has 0 amide bonds. The molecule has 0 spiro atoms. The number of rotatable bonds is 3. The van der Waals surface area contributed by atoms with Crippen LogP contribution in [0, 0.1) is 12.7 Å². The van der Waals surface area contributed by atoms with E-state index < -0.39 is 0 Å². The van der Waals surface area contributed by atoms with Gasteiger partial charge in [0.2, 0.25) is 0 Å². The lowest BCUT2D eigenvalue weighted by Crippen LogP contribution is -1.85. The maximum absolute atomic E-state index is 13.3. The predicted molar refractivity (Wildman–Crippen MR) is 69.9 cm³/mol. The molecule has 0 radical (unpaired) electrons. The van der Waals surface area contributed by atoms with Gasteiger partial charge in [-0.15, -0.1) is 11.3 Å². The number of ether oxygens (including phenoxy) is 1. The molecule has 2 aromatic rings. The van der Waals surface area contributed by atoms with Crippen molar-refractivity contribution in [3.63, 3.8) is 0 Å². The zero-order valence-corrected chi connectivity index (χ0v) is 11.2. The lowest BCUT2D eigenvalue weighted by atomic mass is 10.2. The third kappa shape index (κ3) is 2.79. The Hall–Kier alpha value is -1.06. The van der Waals surface area contributed by atoms with Gasteiger partial charge in [-0.2, -0.15) is 0 Å². The van der Waals surface area contributed by atoms with Gasteiger partial charge in [0.05, 0.1) is 5.02 Å². The molecule has 0 saturated heterocycles. The monoisotopic (exact) mass is 270 g/mol. The van der Waals surface area contributed by atoms with Crippen LogP contribution in [0.4, 0.5) is 4.39 Å². The number of benzene rings is 1. The molecule has 0 aliphatic heterocycles. The molecular formula is C13H12ClFOS. The summed E-state index contributed by atoms with van der Waals surface area (Å²) in [6.07, 6.45) is 0.870. The van der Waals surface area contributed by atoms with Crippen molar-refractivity contribution in [3.05, 3.63) is 45.5 Å². The maximum atomic E-state index is 13.3. The zero-order valence-electron chi connectivity index (χ0n) is 9.59. The maximum Gasteiger partial charge on any atom is 0.182 e. The second-order valence-corrected chi connectivity index (χ2v) is 5.21. The van der Waals surface area contributed by atoms with Crippen LogP contribution in [0.1, 0.15) is 17.4 Å². The molecular weight excluding hydrogens is 259 g/mol. The highest BCUT2D eigenvalue weighted by atomic mass is 35.5. The van der Waals surface area contributed by atoms with E-state index in [2.05, 4.69) is 0 Å². The number of halogens is 2. The van der Waals surface area contributed by atoms with E-state index in [-0.39, 0.29) is 5.82 Å². The van der Waals surface area contributed by atoms with Gasteiger partial charge in [-0.1, -0.05) is 24.6 Å². The Labute approximate surface area is 109 Å². The quantitative estimate of drug-likeness (QED) is 0.744. The molecule has 2 rings (SSSR count). The molecule has 1 aromatic heterocycles. The highest BCUT2D eigenvalue weighted by Crippen LogP contribution is 2.36. The molecule has 0 N–H and O–H groups in total. The minimum atomic E-state index is -0.263. The van der Waals surface area contributed by atoms with Crippen LogP contribution in [0.2, 0.25) is 5.02 Å². The van der Waals surface area contributed by atoms with Gasteiger partial charge in [0.1, 0.15) is 11.6 Å². The van der Waals surface area contributed by atoms with Crippen molar-refractivity contribution in [3.8, 4) is 10.8 Å². The van der Waals surface area contributed by atoms with Crippen LogP contribution in [0.5, 0.6) is 10.8 Å². The van der Waals surface area contributed by atoms with E-state index in [1.807, 2.05) is 6.92 Å². The van der Waals surface area contributed by atoms with E-state index in [4.69, 9.17) is 16.3 Å². The molecule has 90 valence electrons. The standard InChI is InChI=1S/C13H12ClFOS/c1-3-12-10(14)7-13(17-12)16-9-5-4-8(2)11(15)6-9/h4-7H,3H2,1-2H3. The van der Waals surface area contributed by atoms with Gasteiger partial charge in [0, 0.05) is 17.0 Å². The fourth-order valence-electron chi connectivity index (χ4n) is 1.43. The topological polar surface area (TPSA) is 9.23 Å². The normalized spacial score (nSPS) is 10.6. The lowest BCUT2D eigenvalue weighted by molar-refractivity contribution is 0.489. The molecule has 0 saturated carbocycles. The smallest absolute Gasteiger partial charge is 0.182 e. The Balaban J connectivity index is 2.22. The van der Waals surface area contributed by atoms with Crippen LogP contribution >= 0.6 is 22.9 Å². The lowest BCUT2D eigenvalue weighted by Gasteiger charge is -2.03. The average Bonchev–Trinajstić information content (AvgIpc) is 2.64. The third-order valence-electron chi connectivity index (χ3n) is 2.42. The summed E-state index contributed by atoms with van der Waals surface area (Å²) < 4.78 is 18.9. The molecule has 1 aromatic carbocycles. The van der Waals surface area contributed by atoms with Crippen LogP contribution in [-0.2, 0) is 6.42 Å². The highest BCUT2D eigenvalue weighted by molar-refractivity contribution is 7.14. The fraction of sp³-hybridized carbons (Fsp3) is 0.231. The minimum Gasteiger partial charge on any atom is -0.447 e. The van der Waals surface area contributed by atoms with Crippen molar-refractivity contribution in [2.45, 2.75) is 20.3 Å². The Kier molecular flexibility index (Phi) is 3.69. The predicted octanol–water partition coefficient (Wildman–Crippen LogP) is 5.20. The Morgan fingerprint density at radius 1 is 1.35 bits per heavy atom. The van der Waals surface area contributed by atoms with E-state index in [9.17, 15) is 4.39 Å². The molecule has 17 heavy (non-hydrogen) atoms. The van der Waals surface area contributed by atoms with Gasteiger partial charge in [-0.25, -0.2) is 4.39 Å². The van der Waals surface area contributed by atoms with Crippen LogP contribution in [0.3, 0.4) is 0 Å². The molecule has 0 aliphatic carbocycles. The van der Waals surface area contributed by atoms with E-state index in [1.54, 1.807) is 25.1 Å². The van der Waals surface area contributed by atoms with E-state index >= 15 is 0 Å². The molecule has 0 bridgehead atoms. The largest absolute Gasteiger partial charge is 0.447 e. The first-order valence-electron chi connectivity index (χ1n) is 5.32. The Bertz CT molecular complexity index is 536. The number of hydrogen-bond acceptors (Lipinski definition) is 2. The van der Waals surface area contributed by atoms with Crippen LogP contribution < -0.4 is 4.74 Å². The van der Waals surface area contributed by atoms with E-state index in [0.29, 0.717) is 21.4 Å². The van der Waals surface area contributed by atoms with Crippen molar-refractivity contribution >= 4 is 22.9 Å². The number of aryl methyl sites for hydroxylation is 2. The fourth-order valence-corrected chi connectivity index (χ4v) is 2.70. The summed E-state index contributed by atoms with van der Waals surface area (Å²) in [5.74, 6) is 0.231. The SMILES string of the molecule is CCc1sc(Oc2ccc(C)c(F)c2)cc1Cl. The first-order valence-corrected chi connectivity index (χ1v) is 6.51. The zero-order chi connectivity index (χ0) is 12.4. The van der Waals surface area contributed by atoms with Gasteiger partial charge < -0.3 is 4.74 Å².